The quantitative estimate of drug-likeness (QED) is 0.324. The molecule has 2 aromatic carbocycles. The van der Waals surface area contributed by atoms with Gasteiger partial charge in [0.1, 0.15) is 6.61 Å². The first-order chi connectivity index (χ1) is 16.3. The Bertz CT molecular complexity index is 1230. The SMILES string of the molecule is CCOC(=O)C1=C(C)N=C2SC=CN2[C@H]1c1cc(Br)c(OCc2ccc(Cl)c(Cl)c2)c(OC)c1. The maximum Gasteiger partial charge on any atom is 0.338 e. The highest BCUT2D eigenvalue weighted by atomic mass is 79.9. The largest absolute Gasteiger partial charge is 0.493 e. The van der Waals surface area contributed by atoms with Crippen LogP contribution in [0.15, 0.2) is 62.7 Å². The fraction of sp³-hybridized carbons (Fsp3) is 0.250. The highest BCUT2D eigenvalue weighted by Crippen LogP contribution is 2.45. The first-order valence-electron chi connectivity index (χ1n) is 10.4. The molecule has 6 nitrogen and oxygen atoms in total. The van der Waals surface area contributed by atoms with Gasteiger partial charge in [-0.1, -0.05) is 41.0 Å². The molecule has 0 fully saturated rings. The average molecular weight is 584 g/mol. The Kier molecular flexibility index (Phi) is 7.82. The summed E-state index contributed by atoms with van der Waals surface area (Å²) in [5.74, 6) is 0.657. The summed E-state index contributed by atoms with van der Waals surface area (Å²) in [7, 11) is 1.57. The molecule has 0 saturated heterocycles. The minimum atomic E-state index is -0.424. The second-order valence-corrected chi connectivity index (χ2v) is 9.94. The minimum absolute atomic E-state index is 0.268. The van der Waals surface area contributed by atoms with Gasteiger partial charge in [0.2, 0.25) is 0 Å². The highest BCUT2D eigenvalue weighted by molar-refractivity contribution is 9.10. The zero-order valence-corrected chi connectivity index (χ0v) is 22.5. The Hall–Kier alpha value is -2.13. The number of allylic oxidation sites excluding steroid dienone is 1. The number of aliphatic imine (C=N–C) groups is 1. The zero-order valence-electron chi connectivity index (χ0n) is 18.6. The van der Waals surface area contributed by atoms with Crippen LogP contribution in [0.2, 0.25) is 10.0 Å². The molecule has 0 spiro atoms. The summed E-state index contributed by atoms with van der Waals surface area (Å²) in [6.45, 7) is 4.15. The van der Waals surface area contributed by atoms with Crippen LogP contribution in [0, 0.1) is 0 Å². The minimum Gasteiger partial charge on any atom is -0.493 e. The van der Waals surface area contributed by atoms with Gasteiger partial charge in [0.15, 0.2) is 16.7 Å². The van der Waals surface area contributed by atoms with Crippen LogP contribution in [0.1, 0.15) is 31.0 Å². The van der Waals surface area contributed by atoms with Gasteiger partial charge in [-0.2, -0.15) is 0 Å². The van der Waals surface area contributed by atoms with Crippen LogP contribution in [0.25, 0.3) is 0 Å². The van der Waals surface area contributed by atoms with Gasteiger partial charge in [-0.25, -0.2) is 9.79 Å². The van der Waals surface area contributed by atoms with Gasteiger partial charge in [-0.05, 0) is 70.6 Å². The second-order valence-electron chi connectivity index (χ2n) is 7.40. The Morgan fingerprint density at radius 2 is 2.03 bits per heavy atom. The second kappa shape index (κ2) is 10.6. The number of rotatable bonds is 7. The molecular weight excluding hydrogens is 563 g/mol. The first-order valence-corrected chi connectivity index (χ1v) is 12.8. The van der Waals surface area contributed by atoms with Gasteiger partial charge < -0.3 is 19.1 Å². The van der Waals surface area contributed by atoms with E-state index in [4.69, 9.17) is 37.4 Å². The Morgan fingerprint density at radius 3 is 2.74 bits per heavy atom. The summed E-state index contributed by atoms with van der Waals surface area (Å²) in [5.41, 5.74) is 2.80. The van der Waals surface area contributed by atoms with Crippen LogP contribution < -0.4 is 9.47 Å². The number of benzene rings is 2. The molecule has 0 N–H and O–H groups in total. The summed E-state index contributed by atoms with van der Waals surface area (Å²) in [6.07, 6.45) is 1.91. The van der Waals surface area contributed by atoms with Crippen LogP contribution in [0.4, 0.5) is 0 Å². The number of halogens is 3. The third kappa shape index (κ3) is 4.96. The Morgan fingerprint density at radius 1 is 1.24 bits per heavy atom. The molecule has 0 saturated carbocycles. The summed E-state index contributed by atoms with van der Waals surface area (Å²) in [4.78, 5) is 19.5. The van der Waals surface area contributed by atoms with E-state index in [0.717, 1.165) is 16.3 Å². The predicted octanol–water partition coefficient (Wildman–Crippen LogP) is 7.11. The fourth-order valence-corrected chi connectivity index (χ4v) is 5.41. The van der Waals surface area contributed by atoms with Gasteiger partial charge in [0, 0.05) is 6.20 Å². The number of amidine groups is 1. The van der Waals surface area contributed by atoms with E-state index < -0.39 is 12.0 Å². The topological polar surface area (TPSA) is 60.4 Å². The van der Waals surface area contributed by atoms with Crippen molar-refractivity contribution in [1.29, 1.82) is 0 Å². The summed E-state index contributed by atoms with van der Waals surface area (Å²) >= 11 is 17.3. The zero-order chi connectivity index (χ0) is 24.4. The number of hydrogen-bond acceptors (Lipinski definition) is 7. The van der Waals surface area contributed by atoms with E-state index in [1.54, 1.807) is 26.2 Å². The van der Waals surface area contributed by atoms with E-state index in [1.807, 2.05) is 41.6 Å². The molecule has 10 heteroatoms. The van der Waals surface area contributed by atoms with Crippen molar-refractivity contribution < 1.29 is 19.0 Å². The van der Waals surface area contributed by atoms with Gasteiger partial charge in [0.25, 0.3) is 0 Å². The number of nitrogens with zero attached hydrogens (tertiary/aromatic N) is 2. The van der Waals surface area contributed by atoms with Crippen molar-refractivity contribution in [3.05, 3.63) is 78.9 Å². The normalized spacial score (nSPS) is 16.9. The first kappa shape index (κ1) is 25.0. The van der Waals surface area contributed by atoms with Crippen molar-refractivity contribution in [2.24, 2.45) is 4.99 Å². The number of carbonyl (C=O) groups excluding carboxylic acids is 1. The van der Waals surface area contributed by atoms with Gasteiger partial charge in [0.05, 0.1) is 45.5 Å². The van der Waals surface area contributed by atoms with E-state index >= 15 is 0 Å². The van der Waals surface area contributed by atoms with Crippen molar-refractivity contribution >= 4 is 62.0 Å². The molecule has 1 atom stereocenters. The van der Waals surface area contributed by atoms with Crippen molar-refractivity contribution in [1.82, 2.24) is 4.90 Å². The summed E-state index contributed by atoms with van der Waals surface area (Å²) in [6, 6.07) is 8.70. The number of hydrogen-bond donors (Lipinski definition) is 0. The van der Waals surface area contributed by atoms with Crippen LogP contribution in [-0.4, -0.2) is 29.8 Å². The van der Waals surface area contributed by atoms with Crippen LogP contribution >= 0.6 is 50.9 Å². The molecule has 0 radical (unpaired) electrons. The molecule has 0 bridgehead atoms. The maximum absolute atomic E-state index is 12.9. The van der Waals surface area contributed by atoms with E-state index in [2.05, 4.69) is 20.9 Å². The number of fused-ring (bicyclic) bond motifs is 1. The van der Waals surface area contributed by atoms with Crippen LogP contribution in [0.5, 0.6) is 11.5 Å². The number of carbonyl (C=O) groups is 1. The van der Waals surface area contributed by atoms with E-state index in [9.17, 15) is 4.79 Å². The predicted molar refractivity (Wildman–Crippen MR) is 140 cm³/mol. The molecule has 2 aromatic rings. The molecule has 4 rings (SSSR count). The van der Waals surface area contributed by atoms with Gasteiger partial charge >= 0.3 is 5.97 Å². The molecule has 2 aliphatic rings. The molecule has 0 aromatic heterocycles. The van der Waals surface area contributed by atoms with Crippen molar-refractivity contribution in [2.45, 2.75) is 26.5 Å². The molecule has 0 amide bonds. The van der Waals surface area contributed by atoms with Gasteiger partial charge in [-0.15, -0.1) is 0 Å². The average Bonchev–Trinajstić information content (AvgIpc) is 3.27. The number of thioether (sulfide) groups is 1. The van der Waals surface area contributed by atoms with Gasteiger partial charge in [-0.3, -0.25) is 0 Å². The Balaban J connectivity index is 1.70. The van der Waals surface area contributed by atoms with E-state index in [-0.39, 0.29) is 13.2 Å². The lowest BCUT2D eigenvalue weighted by molar-refractivity contribution is -0.139. The van der Waals surface area contributed by atoms with Crippen molar-refractivity contribution in [3.8, 4) is 11.5 Å². The lowest BCUT2D eigenvalue weighted by Crippen LogP contribution is -2.34. The van der Waals surface area contributed by atoms with E-state index in [0.29, 0.717) is 37.3 Å². The molecule has 2 heterocycles. The molecular formula is C24H21BrCl2N2O4S. The lowest BCUT2D eigenvalue weighted by atomic mass is 9.94. The molecule has 2 aliphatic heterocycles. The number of esters is 1. The monoisotopic (exact) mass is 582 g/mol. The molecule has 178 valence electrons. The fourth-order valence-electron chi connectivity index (χ4n) is 3.72. The van der Waals surface area contributed by atoms with Crippen molar-refractivity contribution in [2.75, 3.05) is 13.7 Å². The number of ether oxygens (including phenoxy) is 3. The van der Waals surface area contributed by atoms with E-state index in [1.165, 1.54) is 11.8 Å². The third-order valence-electron chi connectivity index (χ3n) is 5.25. The lowest BCUT2D eigenvalue weighted by Gasteiger charge is -2.33. The molecule has 0 aliphatic carbocycles. The van der Waals surface area contributed by atoms with Crippen LogP contribution in [0.3, 0.4) is 0 Å². The standard InChI is InChI=1S/C24H21BrCl2N2O4S/c1-4-32-23(30)20-13(2)28-24-29(7-8-34-24)21(20)15-10-16(25)22(19(11-15)31-3)33-12-14-5-6-17(26)18(27)9-14/h5-11,21H,4,12H2,1-3H3/t21-/m0/s1. The Labute approximate surface area is 220 Å². The third-order valence-corrected chi connectivity index (χ3v) is 7.35. The summed E-state index contributed by atoms with van der Waals surface area (Å²) < 4.78 is 17.8. The highest BCUT2D eigenvalue weighted by Gasteiger charge is 2.38. The molecule has 0 unspecified atom stereocenters. The van der Waals surface area contributed by atoms with Crippen LogP contribution in [-0.2, 0) is 16.1 Å². The number of methoxy groups -OCH3 is 1. The smallest absolute Gasteiger partial charge is 0.338 e. The summed E-state index contributed by atoms with van der Waals surface area (Å²) in [5, 5.41) is 3.68. The maximum atomic E-state index is 12.9. The van der Waals surface area contributed by atoms with Crippen molar-refractivity contribution in [3.63, 3.8) is 0 Å². The molecule has 34 heavy (non-hydrogen) atoms.